The van der Waals surface area contributed by atoms with Crippen LogP contribution in [0, 0.1) is 6.92 Å². The van der Waals surface area contributed by atoms with E-state index in [4.69, 9.17) is 4.98 Å². The molecule has 1 N–H and O–H groups in total. The number of H-pyrrole nitrogens is 1. The molecule has 4 aromatic rings. The predicted octanol–water partition coefficient (Wildman–Crippen LogP) is 3.49. The van der Waals surface area contributed by atoms with Crippen LogP contribution in [-0.4, -0.2) is 36.7 Å². The number of aromatic nitrogens is 4. The standard InChI is InChI=1S/C19H19N5OS/c1-12-10-24-13(11-26-19(24)20-12)9-17(25)23-8-4-7-16(23)18-21-14-5-2-3-6-15(14)22-18/h2-3,5-6,10-11,16H,4,7-9H2,1H3,(H,21,22)/t16-/m1/s1. The van der Waals surface area contributed by atoms with E-state index in [0.717, 1.165) is 52.6 Å². The minimum atomic E-state index is 0.0357. The highest BCUT2D eigenvalue weighted by Crippen LogP contribution is 2.32. The number of para-hydroxylation sites is 2. The third-order valence-corrected chi connectivity index (χ3v) is 5.92. The van der Waals surface area contributed by atoms with Crippen LogP contribution in [0.3, 0.4) is 0 Å². The number of rotatable bonds is 3. The van der Waals surface area contributed by atoms with E-state index in [2.05, 4.69) is 9.97 Å². The zero-order chi connectivity index (χ0) is 17.7. The Balaban J connectivity index is 1.41. The monoisotopic (exact) mass is 365 g/mol. The van der Waals surface area contributed by atoms with E-state index in [1.165, 1.54) is 0 Å². The van der Waals surface area contributed by atoms with Gasteiger partial charge in [-0.1, -0.05) is 12.1 Å². The van der Waals surface area contributed by atoms with Crippen LogP contribution in [0.25, 0.3) is 16.0 Å². The van der Waals surface area contributed by atoms with Gasteiger partial charge in [-0.05, 0) is 31.9 Å². The molecule has 0 radical (unpaired) electrons. The molecular formula is C19H19N5OS. The van der Waals surface area contributed by atoms with Crippen LogP contribution < -0.4 is 0 Å². The third-order valence-electron chi connectivity index (χ3n) is 5.03. The lowest BCUT2D eigenvalue weighted by Gasteiger charge is -2.23. The molecule has 5 rings (SSSR count). The molecule has 1 amide bonds. The maximum atomic E-state index is 13.0. The average Bonchev–Trinajstić information content (AvgIpc) is 3.37. The van der Waals surface area contributed by atoms with Gasteiger partial charge in [-0.3, -0.25) is 9.20 Å². The number of fused-ring (bicyclic) bond motifs is 2. The fraction of sp³-hybridized carbons (Fsp3) is 0.316. The Morgan fingerprint density at radius 3 is 3.12 bits per heavy atom. The summed E-state index contributed by atoms with van der Waals surface area (Å²) in [6.07, 6.45) is 4.35. The lowest BCUT2D eigenvalue weighted by molar-refractivity contribution is -0.131. The fourth-order valence-electron chi connectivity index (χ4n) is 3.81. The summed E-state index contributed by atoms with van der Waals surface area (Å²) in [5.41, 5.74) is 3.96. The number of carbonyl (C=O) groups excluding carboxylic acids is 1. The van der Waals surface area contributed by atoms with E-state index in [9.17, 15) is 4.79 Å². The van der Waals surface area contributed by atoms with Crippen LogP contribution in [0.5, 0.6) is 0 Å². The number of hydrogen-bond acceptors (Lipinski definition) is 4. The van der Waals surface area contributed by atoms with Gasteiger partial charge in [-0.15, -0.1) is 11.3 Å². The maximum Gasteiger partial charge on any atom is 0.229 e. The van der Waals surface area contributed by atoms with E-state index < -0.39 is 0 Å². The molecule has 0 spiro atoms. The molecule has 1 saturated heterocycles. The second kappa shape index (κ2) is 5.95. The molecule has 1 aliphatic rings. The van der Waals surface area contributed by atoms with E-state index in [1.807, 2.05) is 52.1 Å². The van der Waals surface area contributed by atoms with Crippen LogP contribution in [0.15, 0.2) is 35.8 Å². The van der Waals surface area contributed by atoms with Crippen molar-refractivity contribution in [1.82, 2.24) is 24.3 Å². The normalized spacial score (nSPS) is 17.6. The molecule has 0 aliphatic carbocycles. The number of amides is 1. The molecule has 1 aliphatic heterocycles. The zero-order valence-corrected chi connectivity index (χ0v) is 15.3. The molecule has 0 saturated carbocycles. The van der Waals surface area contributed by atoms with Crippen molar-refractivity contribution in [3.63, 3.8) is 0 Å². The summed E-state index contributed by atoms with van der Waals surface area (Å²) in [6, 6.07) is 8.04. The van der Waals surface area contributed by atoms with Crippen LogP contribution in [0.4, 0.5) is 0 Å². The fourth-order valence-corrected chi connectivity index (χ4v) is 4.72. The van der Waals surface area contributed by atoms with Crippen LogP contribution in [0.2, 0.25) is 0 Å². The first kappa shape index (κ1) is 15.6. The molecule has 0 unspecified atom stereocenters. The summed E-state index contributed by atoms with van der Waals surface area (Å²) >= 11 is 1.58. The van der Waals surface area contributed by atoms with Gasteiger partial charge in [0.15, 0.2) is 4.96 Å². The van der Waals surface area contributed by atoms with Gasteiger partial charge >= 0.3 is 0 Å². The van der Waals surface area contributed by atoms with Gasteiger partial charge in [0.05, 0.1) is 29.2 Å². The number of likely N-dealkylation sites (tertiary alicyclic amines) is 1. The predicted molar refractivity (Wildman–Crippen MR) is 101 cm³/mol. The van der Waals surface area contributed by atoms with E-state index in [1.54, 1.807) is 11.3 Å². The molecule has 26 heavy (non-hydrogen) atoms. The van der Waals surface area contributed by atoms with Gasteiger partial charge in [-0.25, -0.2) is 9.97 Å². The number of carbonyl (C=O) groups is 1. The molecule has 132 valence electrons. The van der Waals surface area contributed by atoms with E-state index >= 15 is 0 Å². The van der Waals surface area contributed by atoms with Crippen LogP contribution >= 0.6 is 11.3 Å². The van der Waals surface area contributed by atoms with Gasteiger partial charge in [0.2, 0.25) is 5.91 Å². The minimum Gasteiger partial charge on any atom is -0.340 e. The van der Waals surface area contributed by atoms with E-state index in [-0.39, 0.29) is 11.9 Å². The summed E-state index contributed by atoms with van der Waals surface area (Å²) in [5, 5.41) is 2.03. The molecule has 7 heteroatoms. The average molecular weight is 365 g/mol. The van der Waals surface area contributed by atoms with Gasteiger partial charge in [0.1, 0.15) is 5.82 Å². The van der Waals surface area contributed by atoms with Crippen LogP contribution in [0.1, 0.15) is 36.1 Å². The smallest absolute Gasteiger partial charge is 0.229 e. The van der Waals surface area contributed by atoms with E-state index in [0.29, 0.717) is 6.42 Å². The molecular weight excluding hydrogens is 346 g/mol. The lowest BCUT2D eigenvalue weighted by Crippen LogP contribution is -2.32. The number of aryl methyl sites for hydroxylation is 1. The molecule has 1 fully saturated rings. The number of nitrogens with zero attached hydrogens (tertiary/aromatic N) is 4. The number of hydrogen-bond donors (Lipinski definition) is 1. The van der Waals surface area contributed by atoms with Crippen molar-refractivity contribution >= 4 is 33.2 Å². The van der Waals surface area contributed by atoms with Crippen molar-refractivity contribution in [2.45, 2.75) is 32.2 Å². The Labute approximate surface area is 154 Å². The first-order valence-electron chi connectivity index (χ1n) is 8.85. The molecule has 1 atom stereocenters. The molecule has 4 heterocycles. The minimum absolute atomic E-state index is 0.0357. The molecule has 6 nitrogen and oxygen atoms in total. The third kappa shape index (κ3) is 2.50. The first-order chi connectivity index (χ1) is 12.7. The quantitative estimate of drug-likeness (QED) is 0.604. The Bertz CT molecular complexity index is 1070. The highest BCUT2D eigenvalue weighted by molar-refractivity contribution is 7.15. The number of imidazole rings is 2. The van der Waals surface area contributed by atoms with Crippen LogP contribution in [-0.2, 0) is 11.2 Å². The molecule has 0 bridgehead atoms. The maximum absolute atomic E-state index is 13.0. The highest BCUT2D eigenvalue weighted by atomic mass is 32.1. The van der Waals surface area contributed by atoms with Gasteiger partial charge in [0.25, 0.3) is 0 Å². The second-order valence-corrected chi connectivity index (χ2v) is 7.66. The number of aromatic amines is 1. The second-order valence-electron chi connectivity index (χ2n) is 6.82. The topological polar surface area (TPSA) is 66.3 Å². The molecule has 1 aromatic carbocycles. The molecule has 3 aromatic heterocycles. The summed E-state index contributed by atoms with van der Waals surface area (Å²) in [7, 11) is 0. The van der Waals surface area contributed by atoms with Crippen molar-refractivity contribution in [3.05, 3.63) is 53.1 Å². The van der Waals surface area contributed by atoms with Gasteiger partial charge in [-0.2, -0.15) is 0 Å². The highest BCUT2D eigenvalue weighted by Gasteiger charge is 2.32. The Morgan fingerprint density at radius 1 is 1.35 bits per heavy atom. The Kier molecular flexibility index (Phi) is 3.56. The zero-order valence-electron chi connectivity index (χ0n) is 14.5. The van der Waals surface area contributed by atoms with Crippen molar-refractivity contribution in [2.75, 3.05) is 6.54 Å². The van der Waals surface area contributed by atoms with Crippen molar-refractivity contribution in [1.29, 1.82) is 0 Å². The summed E-state index contributed by atoms with van der Waals surface area (Å²) < 4.78 is 2.03. The largest absolute Gasteiger partial charge is 0.340 e. The SMILES string of the molecule is Cc1cn2c(CC(=O)N3CCC[C@@H]3c3nc4ccccc4[nH]3)csc2n1. The Morgan fingerprint density at radius 2 is 2.23 bits per heavy atom. The number of thiazole rings is 1. The lowest BCUT2D eigenvalue weighted by atomic mass is 10.2. The summed E-state index contributed by atoms with van der Waals surface area (Å²) in [4.78, 5) is 28.5. The van der Waals surface area contributed by atoms with Gasteiger partial charge < -0.3 is 9.88 Å². The van der Waals surface area contributed by atoms with Crippen molar-refractivity contribution in [2.24, 2.45) is 0 Å². The van der Waals surface area contributed by atoms with Gasteiger partial charge in [0, 0.05) is 23.8 Å². The summed E-state index contributed by atoms with van der Waals surface area (Å²) in [5.74, 6) is 1.05. The van der Waals surface area contributed by atoms with Crippen molar-refractivity contribution < 1.29 is 4.79 Å². The number of benzene rings is 1. The number of nitrogens with one attached hydrogen (secondary N) is 1. The summed E-state index contributed by atoms with van der Waals surface area (Å²) in [6.45, 7) is 2.76. The van der Waals surface area contributed by atoms with Crippen molar-refractivity contribution in [3.8, 4) is 0 Å². The Hall–Kier alpha value is -2.67. The first-order valence-corrected chi connectivity index (χ1v) is 9.73.